The van der Waals surface area contributed by atoms with Gasteiger partial charge in [-0.2, -0.15) is 5.10 Å². The molecule has 1 heterocycles. The lowest BCUT2D eigenvalue weighted by Gasteiger charge is -2.08. The molecule has 0 aliphatic carbocycles. The Morgan fingerprint density at radius 2 is 1.46 bits per heavy atom. The summed E-state index contributed by atoms with van der Waals surface area (Å²) < 4.78 is 0. The molecule has 0 unspecified atom stereocenters. The van der Waals surface area contributed by atoms with Crippen molar-refractivity contribution in [1.82, 2.24) is 10.2 Å². The van der Waals surface area contributed by atoms with Crippen LogP contribution in [0.1, 0.15) is 37.5 Å². The van der Waals surface area contributed by atoms with Crippen LogP contribution in [0.25, 0.3) is 23.1 Å². The van der Waals surface area contributed by atoms with E-state index in [1.165, 1.54) is 0 Å². The minimum Gasteiger partial charge on any atom is -0.321 e. The van der Waals surface area contributed by atoms with Gasteiger partial charge in [0.25, 0.3) is 5.91 Å². The molecule has 5 aromatic rings. The number of Topliss-reactive ketones (excluding diaryl/α,β-unsaturated/α-hetero) is 1. The molecule has 1 amide bonds. The van der Waals surface area contributed by atoms with Crippen molar-refractivity contribution >= 4 is 40.4 Å². The molecule has 5 rings (SSSR count). The number of fused-ring (bicyclic) bond motifs is 1. The molecule has 0 spiro atoms. The first kappa shape index (κ1) is 22.0. The first-order valence-corrected chi connectivity index (χ1v) is 11.4. The smallest absolute Gasteiger partial charge is 0.255 e. The van der Waals surface area contributed by atoms with Gasteiger partial charge in [0.15, 0.2) is 5.78 Å². The van der Waals surface area contributed by atoms with E-state index in [9.17, 15) is 9.59 Å². The molecule has 1 aromatic heterocycles. The zero-order valence-electron chi connectivity index (χ0n) is 18.9. The number of rotatable bonds is 7. The number of benzene rings is 4. The maximum absolute atomic E-state index is 12.6. The Morgan fingerprint density at radius 1 is 0.771 bits per heavy atom. The first-order valence-electron chi connectivity index (χ1n) is 11.4. The highest BCUT2D eigenvalue weighted by Crippen LogP contribution is 2.23. The van der Waals surface area contributed by atoms with Crippen LogP contribution < -0.4 is 5.32 Å². The second-order valence-corrected chi connectivity index (χ2v) is 8.20. The second kappa shape index (κ2) is 10.0. The van der Waals surface area contributed by atoms with Crippen molar-refractivity contribution in [3.63, 3.8) is 0 Å². The molecule has 0 saturated heterocycles. The van der Waals surface area contributed by atoms with Gasteiger partial charge in [0.2, 0.25) is 0 Å². The third-order valence-electron chi connectivity index (χ3n) is 5.78. The Morgan fingerprint density at radius 3 is 2.23 bits per heavy atom. The lowest BCUT2D eigenvalue weighted by Crippen LogP contribution is -2.12. The zero-order valence-corrected chi connectivity index (χ0v) is 18.9. The molecule has 0 aliphatic heterocycles. The molecule has 0 atom stereocenters. The number of carbonyl (C=O) groups excluding carboxylic acids is 2. The van der Waals surface area contributed by atoms with Crippen LogP contribution in [0.3, 0.4) is 0 Å². The fourth-order valence-electron chi connectivity index (χ4n) is 3.94. The SMILES string of the molecule is O=C(Cc1ccc2n[nH]c(/C=C/c3ccccc3NC(=O)c3ccccc3)c2c1)c1ccccc1. The predicted molar refractivity (Wildman–Crippen MR) is 140 cm³/mol. The largest absolute Gasteiger partial charge is 0.321 e. The molecule has 0 fully saturated rings. The summed E-state index contributed by atoms with van der Waals surface area (Å²) in [6, 6.07) is 31.9. The number of anilines is 1. The molecule has 5 heteroatoms. The Balaban J connectivity index is 1.38. The number of hydrogen-bond acceptors (Lipinski definition) is 3. The van der Waals surface area contributed by atoms with E-state index in [0.717, 1.165) is 33.4 Å². The van der Waals surface area contributed by atoms with Crippen LogP contribution in [0.15, 0.2) is 103 Å². The highest BCUT2D eigenvalue weighted by molar-refractivity contribution is 6.05. The monoisotopic (exact) mass is 457 g/mol. The summed E-state index contributed by atoms with van der Waals surface area (Å²) in [5.74, 6) is -0.0835. The minimum atomic E-state index is -0.161. The standard InChI is InChI=1S/C30H23N3O2/c34-29(23-10-3-1-4-11-23)20-21-15-17-27-25(19-21)28(33-32-27)18-16-22-9-7-8-14-26(22)31-30(35)24-12-5-2-6-13-24/h1-19H,20H2,(H,31,35)(H,32,33)/b18-16+. The molecule has 35 heavy (non-hydrogen) atoms. The summed E-state index contributed by atoms with van der Waals surface area (Å²) >= 11 is 0. The van der Waals surface area contributed by atoms with Crippen LogP contribution in [-0.2, 0) is 6.42 Å². The summed E-state index contributed by atoms with van der Waals surface area (Å²) in [6.07, 6.45) is 4.20. The molecule has 0 saturated carbocycles. The van der Waals surface area contributed by atoms with Gasteiger partial charge in [-0.05, 0) is 47.5 Å². The van der Waals surface area contributed by atoms with Gasteiger partial charge in [-0.1, -0.05) is 78.9 Å². The fourth-order valence-corrected chi connectivity index (χ4v) is 3.94. The molecule has 0 aliphatic rings. The van der Waals surface area contributed by atoms with Gasteiger partial charge in [-0.3, -0.25) is 14.7 Å². The Kier molecular flexibility index (Phi) is 6.31. The number of ketones is 1. The Bertz CT molecular complexity index is 1520. The minimum absolute atomic E-state index is 0.0774. The van der Waals surface area contributed by atoms with Gasteiger partial charge in [-0.25, -0.2) is 0 Å². The van der Waals surface area contributed by atoms with Gasteiger partial charge >= 0.3 is 0 Å². The maximum Gasteiger partial charge on any atom is 0.255 e. The highest BCUT2D eigenvalue weighted by Gasteiger charge is 2.10. The van der Waals surface area contributed by atoms with E-state index >= 15 is 0 Å². The average molecular weight is 458 g/mol. The van der Waals surface area contributed by atoms with Crippen LogP contribution in [0.4, 0.5) is 5.69 Å². The number of nitrogens with one attached hydrogen (secondary N) is 2. The molecular weight excluding hydrogens is 434 g/mol. The van der Waals surface area contributed by atoms with E-state index in [-0.39, 0.29) is 11.7 Å². The number of aromatic amines is 1. The van der Waals surface area contributed by atoms with Gasteiger partial charge in [-0.15, -0.1) is 0 Å². The maximum atomic E-state index is 12.6. The van der Waals surface area contributed by atoms with Crippen LogP contribution in [-0.4, -0.2) is 21.9 Å². The number of aromatic nitrogens is 2. The quantitative estimate of drug-likeness (QED) is 0.277. The van der Waals surface area contributed by atoms with E-state index in [1.54, 1.807) is 12.1 Å². The summed E-state index contributed by atoms with van der Waals surface area (Å²) in [5.41, 5.74) is 5.48. The van der Waals surface area contributed by atoms with Crippen LogP contribution in [0.5, 0.6) is 0 Å². The normalized spacial score (nSPS) is 11.1. The third-order valence-corrected chi connectivity index (χ3v) is 5.78. The number of H-pyrrole nitrogens is 1. The molecule has 170 valence electrons. The highest BCUT2D eigenvalue weighted by atomic mass is 16.1. The van der Waals surface area contributed by atoms with Crippen molar-refractivity contribution in [2.24, 2.45) is 0 Å². The van der Waals surface area contributed by atoms with Crippen molar-refractivity contribution in [3.8, 4) is 0 Å². The van der Waals surface area contributed by atoms with E-state index in [1.807, 2.05) is 103 Å². The number of para-hydroxylation sites is 1. The van der Waals surface area contributed by atoms with E-state index < -0.39 is 0 Å². The summed E-state index contributed by atoms with van der Waals surface area (Å²) in [5, 5.41) is 11.4. The molecule has 5 nitrogen and oxygen atoms in total. The lowest BCUT2D eigenvalue weighted by atomic mass is 10.0. The summed E-state index contributed by atoms with van der Waals surface area (Å²) in [4.78, 5) is 25.3. The van der Waals surface area contributed by atoms with Crippen molar-refractivity contribution in [2.75, 3.05) is 5.32 Å². The number of carbonyl (C=O) groups is 2. The summed E-state index contributed by atoms with van der Waals surface area (Å²) in [7, 11) is 0. The predicted octanol–water partition coefficient (Wildman–Crippen LogP) is 6.41. The molecule has 0 bridgehead atoms. The van der Waals surface area contributed by atoms with E-state index in [4.69, 9.17) is 0 Å². The van der Waals surface area contributed by atoms with Crippen molar-refractivity contribution < 1.29 is 9.59 Å². The molecule has 0 radical (unpaired) electrons. The lowest BCUT2D eigenvalue weighted by molar-refractivity contribution is 0.0991. The first-order chi connectivity index (χ1) is 17.2. The van der Waals surface area contributed by atoms with Crippen LogP contribution in [0, 0.1) is 0 Å². The topological polar surface area (TPSA) is 74.8 Å². The van der Waals surface area contributed by atoms with Crippen molar-refractivity contribution in [2.45, 2.75) is 6.42 Å². The van der Waals surface area contributed by atoms with Crippen LogP contribution >= 0.6 is 0 Å². The van der Waals surface area contributed by atoms with Crippen molar-refractivity contribution in [3.05, 3.63) is 131 Å². The second-order valence-electron chi connectivity index (χ2n) is 8.20. The fraction of sp³-hybridized carbons (Fsp3) is 0.0333. The van der Waals surface area contributed by atoms with Gasteiger partial charge in [0, 0.05) is 28.6 Å². The van der Waals surface area contributed by atoms with Gasteiger partial charge in [0.05, 0.1) is 11.2 Å². The molecule has 4 aromatic carbocycles. The van der Waals surface area contributed by atoms with Crippen molar-refractivity contribution in [1.29, 1.82) is 0 Å². The van der Waals surface area contributed by atoms with Gasteiger partial charge < -0.3 is 5.32 Å². The van der Waals surface area contributed by atoms with Gasteiger partial charge in [0.1, 0.15) is 0 Å². The number of hydrogen-bond donors (Lipinski definition) is 2. The van der Waals surface area contributed by atoms with Crippen LogP contribution in [0.2, 0.25) is 0 Å². The molecular formula is C30H23N3O2. The zero-order chi connectivity index (χ0) is 24.0. The number of amides is 1. The summed E-state index contributed by atoms with van der Waals surface area (Å²) in [6.45, 7) is 0. The third kappa shape index (κ3) is 5.09. The average Bonchev–Trinajstić information content (AvgIpc) is 3.31. The Hall–Kier alpha value is -4.77. The van der Waals surface area contributed by atoms with E-state index in [0.29, 0.717) is 17.5 Å². The Labute approximate surface area is 203 Å². The van der Waals surface area contributed by atoms with E-state index in [2.05, 4.69) is 15.5 Å². The number of nitrogens with zero attached hydrogens (tertiary/aromatic N) is 1. The molecule has 2 N–H and O–H groups in total.